The zero-order chi connectivity index (χ0) is 32.3. The van der Waals surface area contributed by atoms with Gasteiger partial charge in [-0.2, -0.15) is 9.97 Å². The molecular weight excluding hydrogens is 604 g/mol. The number of nitrogen functional groups attached to an aromatic ring is 1. The van der Waals surface area contributed by atoms with Gasteiger partial charge in [0.2, 0.25) is 11.8 Å². The molecule has 47 heavy (non-hydrogen) atoms. The van der Waals surface area contributed by atoms with E-state index < -0.39 is 11.6 Å². The molecule has 4 aromatic carbocycles. The zero-order valence-electron chi connectivity index (χ0n) is 24.4. The Bertz CT molecular complexity index is 2200. The van der Waals surface area contributed by atoms with E-state index in [4.69, 9.17) is 19.9 Å². The van der Waals surface area contributed by atoms with Crippen LogP contribution >= 0.6 is 0 Å². The van der Waals surface area contributed by atoms with Gasteiger partial charge in [-0.3, -0.25) is 4.79 Å². The van der Waals surface area contributed by atoms with Crippen molar-refractivity contribution < 1.29 is 34.0 Å². The van der Waals surface area contributed by atoms with E-state index in [0.29, 0.717) is 39.3 Å². The van der Waals surface area contributed by atoms with Crippen molar-refractivity contribution in [2.45, 2.75) is 18.8 Å². The Labute approximate surface area is 265 Å². The number of hydrogen-bond donors (Lipinski definition) is 5. The highest BCUT2D eigenvalue weighted by Gasteiger charge is 2.53. The minimum atomic E-state index is -1.47. The van der Waals surface area contributed by atoms with Gasteiger partial charge in [-0.05, 0) is 53.6 Å². The van der Waals surface area contributed by atoms with Crippen LogP contribution in [0.5, 0.6) is 28.9 Å². The molecule has 0 bridgehead atoms. The van der Waals surface area contributed by atoms with Crippen LogP contribution in [0.25, 0.3) is 11.2 Å². The lowest BCUT2D eigenvalue weighted by molar-refractivity contribution is 0.0224. The summed E-state index contributed by atoms with van der Waals surface area (Å²) in [4.78, 5) is 41.8. The molecular formula is C34H24N6O7. The maximum absolute atomic E-state index is 13.4. The van der Waals surface area contributed by atoms with E-state index in [1.54, 1.807) is 30.3 Å². The lowest BCUT2D eigenvalue weighted by Gasteiger charge is -2.36. The van der Waals surface area contributed by atoms with Gasteiger partial charge in [0.15, 0.2) is 11.2 Å². The van der Waals surface area contributed by atoms with Gasteiger partial charge in [0, 0.05) is 40.9 Å². The lowest BCUT2D eigenvalue weighted by Crippen LogP contribution is -2.33. The Kier molecular flexibility index (Phi) is 6.22. The summed E-state index contributed by atoms with van der Waals surface area (Å²) in [7, 11) is 0. The van der Waals surface area contributed by atoms with Crippen LogP contribution < -0.4 is 20.5 Å². The highest BCUT2D eigenvalue weighted by Crippen LogP contribution is 2.57. The molecule has 232 valence electrons. The number of benzene rings is 4. The number of rotatable bonds is 6. The van der Waals surface area contributed by atoms with E-state index in [-0.39, 0.29) is 53.6 Å². The van der Waals surface area contributed by atoms with E-state index >= 15 is 0 Å². The van der Waals surface area contributed by atoms with Crippen LogP contribution in [0.3, 0.4) is 0 Å². The first-order valence-electron chi connectivity index (χ1n) is 14.5. The Hall–Kier alpha value is -6.63. The SMILES string of the molecule is Nc1nc(OCc2ccc(CNC(=O)c3ccc4c(c3)C3(OC4=O)c4ccc(O)cc4Oc4cc(O)ccc43)cc2)c2[nH]cnc2n1. The number of aromatic amines is 1. The average Bonchev–Trinajstić information content (AvgIpc) is 3.65. The van der Waals surface area contributed by atoms with Crippen molar-refractivity contribution in [3.8, 4) is 28.9 Å². The Morgan fingerprint density at radius 3 is 2.32 bits per heavy atom. The molecule has 2 aromatic heterocycles. The summed E-state index contributed by atoms with van der Waals surface area (Å²) < 4.78 is 17.9. The first-order chi connectivity index (χ1) is 22.8. The largest absolute Gasteiger partial charge is 0.508 e. The second-order valence-electron chi connectivity index (χ2n) is 11.1. The van der Waals surface area contributed by atoms with Crippen LogP contribution in [-0.4, -0.2) is 42.0 Å². The second kappa shape index (κ2) is 10.5. The zero-order valence-corrected chi connectivity index (χ0v) is 24.4. The molecule has 6 aromatic rings. The molecule has 0 aliphatic carbocycles. The topological polar surface area (TPSA) is 195 Å². The normalized spacial score (nSPS) is 13.7. The lowest BCUT2D eigenvalue weighted by atomic mass is 9.77. The van der Waals surface area contributed by atoms with E-state index in [2.05, 4.69) is 25.3 Å². The summed E-state index contributed by atoms with van der Waals surface area (Å²) in [6.07, 6.45) is 1.49. The van der Waals surface area contributed by atoms with E-state index in [9.17, 15) is 19.8 Å². The molecule has 6 N–H and O–H groups in total. The number of ether oxygens (including phenoxy) is 3. The van der Waals surface area contributed by atoms with E-state index in [0.717, 1.165) is 11.1 Å². The van der Waals surface area contributed by atoms with Gasteiger partial charge >= 0.3 is 5.97 Å². The molecule has 0 fully saturated rings. The number of nitrogens with one attached hydrogen (secondary N) is 2. The van der Waals surface area contributed by atoms with Crippen LogP contribution in [0, 0.1) is 0 Å². The van der Waals surface area contributed by atoms with Gasteiger partial charge in [-0.1, -0.05) is 24.3 Å². The number of amides is 1. The summed E-state index contributed by atoms with van der Waals surface area (Å²) in [5.74, 6) is -0.164. The molecule has 0 saturated heterocycles. The first kappa shape index (κ1) is 27.9. The molecule has 8 rings (SSSR count). The Balaban J connectivity index is 1.03. The summed E-state index contributed by atoms with van der Waals surface area (Å²) >= 11 is 0. The number of anilines is 1. The number of carbonyl (C=O) groups excluding carboxylic acids is 2. The molecule has 4 heterocycles. The van der Waals surface area contributed by atoms with Gasteiger partial charge in [0.05, 0.1) is 11.9 Å². The molecule has 1 spiro atoms. The third kappa shape index (κ3) is 4.60. The summed E-state index contributed by atoms with van der Waals surface area (Å²) in [5.41, 5.74) is 8.97. The molecule has 13 nitrogen and oxygen atoms in total. The number of esters is 1. The molecule has 2 aliphatic rings. The number of phenolic OH excluding ortho intramolecular Hbond substituents is 2. The number of aromatic nitrogens is 4. The standard InChI is InChI=1S/C34H24N6O7/c35-33-39-29-28(37-16-38-29)31(40-33)45-15-18-3-1-17(2-4-18)14-36-30(43)19-5-8-22-25(11-19)34(47-32(22)44)23-9-6-20(41)12-26(23)46-27-13-21(42)7-10-24(27)34/h1-13,16,41-42H,14-15H2,(H,36,43)(H3,35,37,38,39,40). The van der Waals surface area contributed by atoms with E-state index in [1.165, 1.54) is 30.6 Å². The number of carbonyl (C=O) groups is 2. The van der Waals surface area contributed by atoms with Crippen LogP contribution in [0.2, 0.25) is 0 Å². The van der Waals surface area contributed by atoms with Gasteiger partial charge in [-0.15, -0.1) is 0 Å². The first-order valence-corrected chi connectivity index (χ1v) is 14.5. The van der Waals surface area contributed by atoms with Crippen molar-refractivity contribution in [3.63, 3.8) is 0 Å². The molecule has 0 unspecified atom stereocenters. The van der Waals surface area contributed by atoms with Gasteiger partial charge in [0.1, 0.15) is 35.1 Å². The fourth-order valence-electron chi connectivity index (χ4n) is 5.96. The fourth-order valence-corrected chi connectivity index (χ4v) is 5.96. The molecule has 2 aliphatic heterocycles. The van der Waals surface area contributed by atoms with Crippen molar-refractivity contribution in [3.05, 3.63) is 124 Å². The maximum Gasteiger partial charge on any atom is 0.340 e. The number of nitrogens with zero attached hydrogens (tertiary/aromatic N) is 3. The number of nitrogens with two attached hydrogens (primary N) is 1. The van der Waals surface area contributed by atoms with Crippen LogP contribution in [0.1, 0.15) is 48.5 Å². The highest BCUT2D eigenvalue weighted by molar-refractivity contribution is 6.00. The fraction of sp³-hybridized carbons (Fsp3) is 0.0882. The van der Waals surface area contributed by atoms with Crippen molar-refractivity contribution >= 4 is 29.0 Å². The highest BCUT2D eigenvalue weighted by atomic mass is 16.6. The number of H-pyrrole nitrogens is 1. The minimum absolute atomic E-state index is 0.0488. The van der Waals surface area contributed by atoms with Crippen molar-refractivity contribution in [2.75, 3.05) is 5.73 Å². The quantitative estimate of drug-likeness (QED) is 0.164. The summed E-state index contributed by atoms with van der Waals surface area (Å²) in [6.45, 7) is 0.471. The van der Waals surface area contributed by atoms with Gasteiger partial charge in [0.25, 0.3) is 5.91 Å². The smallest absolute Gasteiger partial charge is 0.340 e. The minimum Gasteiger partial charge on any atom is -0.508 e. The van der Waals surface area contributed by atoms with Crippen molar-refractivity contribution in [1.29, 1.82) is 0 Å². The third-order valence-corrected chi connectivity index (χ3v) is 8.16. The number of fused-ring (bicyclic) bond motifs is 7. The van der Waals surface area contributed by atoms with Crippen LogP contribution in [0.4, 0.5) is 5.95 Å². The van der Waals surface area contributed by atoms with Crippen LogP contribution in [0.15, 0.2) is 85.2 Å². The number of phenols is 2. The number of hydrogen-bond acceptors (Lipinski definition) is 11. The number of imidazole rings is 1. The molecule has 0 atom stereocenters. The van der Waals surface area contributed by atoms with Crippen LogP contribution in [-0.2, 0) is 23.5 Å². The summed E-state index contributed by atoms with van der Waals surface area (Å²) in [6, 6.07) is 21.3. The predicted molar refractivity (Wildman–Crippen MR) is 166 cm³/mol. The second-order valence-corrected chi connectivity index (χ2v) is 11.1. The van der Waals surface area contributed by atoms with Crippen molar-refractivity contribution in [2.24, 2.45) is 0 Å². The summed E-state index contributed by atoms with van der Waals surface area (Å²) in [5, 5.41) is 23.2. The third-order valence-electron chi connectivity index (χ3n) is 8.16. The molecule has 0 saturated carbocycles. The number of aromatic hydroxyl groups is 2. The predicted octanol–water partition coefficient (Wildman–Crippen LogP) is 4.42. The Morgan fingerprint density at radius 2 is 1.60 bits per heavy atom. The molecule has 13 heteroatoms. The molecule has 1 amide bonds. The monoisotopic (exact) mass is 628 g/mol. The Morgan fingerprint density at radius 1 is 0.894 bits per heavy atom. The van der Waals surface area contributed by atoms with Crippen molar-refractivity contribution in [1.82, 2.24) is 25.3 Å². The maximum atomic E-state index is 13.4. The van der Waals surface area contributed by atoms with Gasteiger partial charge < -0.3 is 40.5 Å². The molecule has 0 radical (unpaired) electrons. The van der Waals surface area contributed by atoms with Gasteiger partial charge in [-0.25, -0.2) is 9.78 Å². The average molecular weight is 629 g/mol. The van der Waals surface area contributed by atoms with E-state index in [1.807, 2.05) is 24.3 Å².